The summed E-state index contributed by atoms with van der Waals surface area (Å²) in [6, 6.07) is 3.43. The quantitative estimate of drug-likeness (QED) is 0.792. The number of imide groups is 1. The van der Waals surface area contributed by atoms with Gasteiger partial charge in [-0.2, -0.15) is 0 Å². The maximum Gasteiger partial charge on any atom is 0.249 e. The molecular formula is C13H17N3O2. The van der Waals surface area contributed by atoms with E-state index in [1.54, 1.807) is 6.20 Å². The molecule has 2 amide bonds. The Bertz CT molecular complexity index is 471. The number of carbonyl (C=O) groups is 2. The van der Waals surface area contributed by atoms with Crippen LogP contribution in [0.5, 0.6) is 0 Å². The van der Waals surface area contributed by atoms with Crippen LogP contribution in [0.1, 0.15) is 38.3 Å². The van der Waals surface area contributed by atoms with Crippen molar-refractivity contribution in [1.82, 2.24) is 10.3 Å². The average Bonchev–Trinajstić information content (AvgIpc) is 2.33. The first kappa shape index (κ1) is 12.5. The number of nitrogens with one attached hydrogen (secondary N) is 2. The summed E-state index contributed by atoms with van der Waals surface area (Å²) in [6.45, 7) is 4.14. The highest BCUT2D eigenvalue weighted by atomic mass is 16.2. The van der Waals surface area contributed by atoms with Crippen LogP contribution in [0.15, 0.2) is 18.3 Å². The Balaban J connectivity index is 2.07. The molecule has 1 saturated heterocycles. The number of carbonyl (C=O) groups excluding carboxylic acids is 2. The van der Waals surface area contributed by atoms with Crippen molar-refractivity contribution in [3.8, 4) is 0 Å². The second-order valence-corrected chi connectivity index (χ2v) is 4.77. The number of hydrogen-bond donors (Lipinski definition) is 2. The monoisotopic (exact) mass is 247 g/mol. The number of amides is 2. The summed E-state index contributed by atoms with van der Waals surface area (Å²) in [4.78, 5) is 26.9. The van der Waals surface area contributed by atoms with Crippen molar-refractivity contribution < 1.29 is 9.59 Å². The van der Waals surface area contributed by atoms with Gasteiger partial charge in [0.25, 0.3) is 0 Å². The average molecular weight is 247 g/mol. The fourth-order valence-corrected chi connectivity index (χ4v) is 1.89. The van der Waals surface area contributed by atoms with Crippen LogP contribution in [0.4, 0.5) is 5.69 Å². The SMILES string of the molecule is CC(C)c1cc(NC2CCC(=O)NC2=O)ccn1. The fourth-order valence-electron chi connectivity index (χ4n) is 1.89. The molecule has 2 rings (SSSR count). The van der Waals surface area contributed by atoms with Crippen LogP contribution in [-0.2, 0) is 9.59 Å². The van der Waals surface area contributed by atoms with E-state index in [4.69, 9.17) is 0 Å². The number of rotatable bonds is 3. The maximum absolute atomic E-state index is 11.6. The molecule has 1 aliphatic rings. The predicted octanol–water partition coefficient (Wildman–Crippen LogP) is 1.42. The van der Waals surface area contributed by atoms with E-state index in [9.17, 15) is 9.59 Å². The first-order chi connectivity index (χ1) is 8.56. The molecule has 1 aromatic heterocycles. The Morgan fingerprint density at radius 3 is 2.89 bits per heavy atom. The van der Waals surface area contributed by atoms with E-state index in [0.717, 1.165) is 11.4 Å². The molecule has 1 aromatic rings. The van der Waals surface area contributed by atoms with Crippen LogP contribution >= 0.6 is 0 Å². The Morgan fingerprint density at radius 2 is 2.22 bits per heavy atom. The lowest BCUT2D eigenvalue weighted by atomic mass is 10.1. The van der Waals surface area contributed by atoms with Gasteiger partial charge >= 0.3 is 0 Å². The molecule has 1 unspecified atom stereocenters. The number of piperidine rings is 1. The summed E-state index contributed by atoms with van der Waals surface area (Å²) in [5.41, 5.74) is 1.84. The minimum Gasteiger partial charge on any atom is -0.374 e. The van der Waals surface area contributed by atoms with Crippen LogP contribution in [0.25, 0.3) is 0 Å². The summed E-state index contributed by atoms with van der Waals surface area (Å²) in [5.74, 6) is -0.113. The van der Waals surface area contributed by atoms with Gasteiger partial charge in [0.2, 0.25) is 11.8 Å². The van der Waals surface area contributed by atoms with Crippen molar-refractivity contribution in [3.05, 3.63) is 24.0 Å². The third kappa shape index (κ3) is 2.85. The lowest BCUT2D eigenvalue weighted by molar-refractivity contribution is -0.133. The highest BCUT2D eigenvalue weighted by Crippen LogP contribution is 2.18. The number of anilines is 1. The van der Waals surface area contributed by atoms with Crippen LogP contribution < -0.4 is 10.6 Å². The Hall–Kier alpha value is -1.91. The van der Waals surface area contributed by atoms with Crippen molar-refractivity contribution >= 4 is 17.5 Å². The predicted molar refractivity (Wildman–Crippen MR) is 68.1 cm³/mol. The molecule has 5 heteroatoms. The highest BCUT2D eigenvalue weighted by molar-refractivity contribution is 6.01. The standard InChI is InChI=1S/C13H17N3O2/c1-8(2)11-7-9(5-6-14-11)15-10-3-4-12(17)16-13(10)18/h5-8,10H,3-4H2,1-2H3,(H,14,15)(H,16,17,18). The third-order valence-electron chi connectivity index (χ3n) is 2.95. The van der Waals surface area contributed by atoms with E-state index in [1.807, 2.05) is 12.1 Å². The lowest BCUT2D eigenvalue weighted by Crippen LogP contribution is -2.47. The zero-order chi connectivity index (χ0) is 13.1. The zero-order valence-corrected chi connectivity index (χ0v) is 10.6. The molecule has 0 aromatic carbocycles. The van der Waals surface area contributed by atoms with Crippen LogP contribution in [0.2, 0.25) is 0 Å². The van der Waals surface area contributed by atoms with Gasteiger partial charge in [0.15, 0.2) is 0 Å². The lowest BCUT2D eigenvalue weighted by Gasteiger charge is -2.23. The van der Waals surface area contributed by atoms with Crippen LogP contribution in [0.3, 0.4) is 0 Å². The second kappa shape index (κ2) is 5.16. The van der Waals surface area contributed by atoms with Gasteiger partial charge in [-0.1, -0.05) is 13.8 Å². The summed E-state index contributed by atoms with van der Waals surface area (Å²) in [6.07, 6.45) is 2.64. The smallest absolute Gasteiger partial charge is 0.249 e. The Kier molecular flexibility index (Phi) is 3.60. The number of aromatic nitrogens is 1. The number of hydrogen-bond acceptors (Lipinski definition) is 4. The molecule has 0 aliphatic carbocycles. The van der Waals surface area contributed by atoms with E-state index < -0.39 is 0 Å². The first-order valence-corrected chi connectivity index (χ1v) is 6.12. The van der Waals surface area contributed by atoms with Gasteiger partial charge in [0, 0.05) is 24.0 Å². The summed E-state index contributed by atoms with van der Waals surface area (Å²) in [7, 11) is 0. The van der Waals surface area contributed by atoms with Gasteiger partial charge in [0.1, 0.15) is 6.04 Å². The first-order valence-electron chi connectivity index (χ1n) is 6.12. The van der Waals surface area contributed by atoms with E-state index >= 15 is 0 Å². The molecule has 0 spiro atoms. The van der Waals surface area contributed by atoms with E-state index in [2.05, 4.69) is 29.5 Å². The van der Waals surface area contributed by atoms with Crippen LogP contribution in [-0.4, -0.2) is 22.8 Å². The van der Waals surface area contributed by atoms with E-state index in [0.29, 0.717) is 18.8 Å². The Labute approximate surface area is 106 Å². The largest absolute Gasteiger partial charge is 0.374 e. The van der Waals surface area contributed by atoms with Crippen LogP contribution in [0, 0.1) is 0 Å². The van der Waals surface area contributed by atoms with Crippen molar-refractivity contribution in [3.63, 3.8) is 0 Å². The van der Waals surface area contributed by atoms with Crippen molar-refractivity contribution in [2.45, 2.75) is 38.6 Å². The van der Waals surface area contributed by atoms with Crippen molar-refractivity contribution in [1.29, 1.82) is 0 Å². The van der Waals surface area contributed by atoms with E-state index in [1.165, 1.54) is 0 Å². The molecular weight excluding hydrogens is 230 g/mol. The molecule has 2 heterocycles. The normalized spacial score (nSPS) is 19.8. The summed E-state index contributed by atoms with van der Waals surface area (Å²) >= 11 is 0. The van der Waals surface area contributed by atoms with Gasteiger partial charge in [0.05, 0.1) is 0 Å². The fraction of sp³-hybridized carbons (Fsp3) is 0.462. The number of pyridine rings is 1. The van der Waals surface area contributed by atoms with E-state index in [-0.39, 0.29) is 17.9 Å². The maximum atomic E-state index is 11.6. The van der Waals surface area contributed by atoms with Crippen molar-refractivity contribution in [2.75, 3.05) is 5.32 Å². The van der Waals surface area contributed by atoms with Gasteiger partial charge in [-0.25, -0.2) is 0 Å². The second-order valence-electron chi connectivity index (χ2n) is 4.77. The molecule has 1 atom stereocenters. The minimum absolute atomic E-state index is 0.198. The molecule has 1 aliphatic heterocycles. The molecule has 1 fully saturated rings. The minimum atomic E-state index is -0.342. The van der Waals surface area contributed by atoms with Gasteiger partial charge < -0.3 is 5.32 Å². The molecule has 2 N–H and O–H groups in total. The summed E-state index contributed by atoms with van der Waals surface area (Å²) < 4.78 is 0. The van der Waals surface area contributed by atoms with Crippen molar-refractivity contribution in [2.24, 2.45) is 0 Å². The molecule has 0 radical (unpaired) electrons. The molecule has 0 bridgehead atoms. The topological polar surface area (TPSA) is 71.1 Å². The summed E-state index contributed by atoms with van der Waals surface area (Å²) in [5, 5.41) is 5.47. The zero-order valence-electron chi connectivity index (χ0n) is 10.6. The third-order valence-corrected chi connectivity index (χ3v) is 2.95. The Morgan fingerprint density at radius 1 is 1.44 bits per heavy atom. The molecule has 96 valence electrons. The molecule has 18 heavy (non-hydrogen) atoms. The van der Waals surface area contributed by atoms with Gasteiger partial charge in [-0.05, 0) is 24.5 Å². The van der Waals surface area contributed by atoms with Gasteiger partial charge in [-0.15, -0.1) is 0 Å². The van der Waals surface area contributed by atoms with Gasteiger partial charge in [-0.3, -0.25) is 19.9 Å². The highest BCUT2D eigenvalue weighted by Gasteiger charge is 2.26. The molecule has 5 nitrogen and oxygen atoms in total. The molecule has 0 saturated carbocycles. The number of nitrogens with zero attached hydrogens (tertiary/aromatic N) is 1.